The van der Waals surface area contributed by atoms with E-state index >= 15 is 0 Å². The molecule has 0 radical (unpaired) electrons. The summed E-state index contributed by atoms with van der Waals surface area (Å²) >= 11 is 6.81. The van der Waals surface area contributed by atoms with E-state index in [4.69, 9.17) is 11.6 Å². The van der Waals surface area contributed by atoms with Gasteiger partial charge in [0.2, 0.25) is 5.91 Å². The fourth-order valence-electron chi connectivity index (χ4n) is 9.24. The number of fused-ring (bicyclic) bond motifs is 2. The van der Waals surface area contributed by atoms with E-state index in [1.54, 1.807) is 37.3 Å². The van der Waals surface area contributed by atoms with Gasteiger partial charge in [-0.1, -0.05) is 18.5 Å². The monoisotopic (exact) mass is 676 g/mol. The van der Waals surface area contributed by atoms with Crippen molar-refractivity contribution in [3.8, 4) is 5.69 Å². The Morgan fingerprint density at radius 2 is 1.81 bits per heavy atom. The molecule has 258 valence electrons. The standard InChI is InChI=1S/C38H50ClFN6O2/c1-6-34(26-12-31(13-26)45-20-28-18-44(24(4)47)19-29(28)21-45)43-10-9-25(17-43)11-27-22-46(36-16-41-15-33(39)37(27)36)35-8-7-30(40)14-32(35)38(48)42(5)23(2)3/h7-8,14-16,22-23,25-26,28-29,31,34H,6,9-13,17-21H2,1-5H3/t25-,26?,28+,29?,31?,34?/m0/s1. The first-order chi connectivity index (χ1) is 23.0. The highest BCUT2D eigenvalue weighted by molar-refractivity contribution is 6.35. The van der Waals surface area contributed by atoms with Crippen molar-refractivity contribution in [1.82, 2.24) is 29.2 Å². The van der Waals surface area contributed by atoms with Gasteiger partial charge < -0.3 is 14.4 Å². The van der Waals surface area contributed by atoms with Gasteiger partial charge in [0.25, 0.3) is 5.91 Å². The van der Waals surface area contributed by atoms with Crippen molar-refractivity contribution in [2.75, 3.05) is 46.3 Å². The minimum atomic E-state index is -0.439. The zero-order valence-corrected chi connectivity index (χ0v) is 29.8. The van der Waals surface area contributed by atoms with Crippen LogP contribution < -0.4 is 0 Å². The van der Waals surface area contributed by atoms with E-state index in [1.165, 1.54) is 31.4 Å². The van der Waals surface area contributed by atoms with E-state index in [2.05, 4.69) is 27.9 Å². The highest BCUT2D eigenvalue weighted by Gasteiger charge is 2.47. The Bertz CT molecular complexity index is 1670. The van der Waals surface area contributed by atoms with Gasteiger partial charge >= 0.3 is 0 Å². The van der Waals surface area contributed by atoms with E-state index < -0.39 is 5.82 Å². The van der Waals surface area contributed by atoms with Crippen LogP contribution in [-0.2, 0) is 11.2 Å². The molecule has 1 aliphatic carbocycles. The Morgan fingerprint density at radius 1 is 1.08 bits per heavy atom. The average molecular weight is 677 g/mol. The lowest BCUT2D eigenvalue weighted by Gasteiger charge is -2.47. The zero-order chi connectivity index (χ0) is 33.9. The molecular weight excluding hydrogens is 627 g/mol. The average Bonchev–Trinajstić information content (AvgIpc) is 3.82. The minimum Gasteiger partial charge on any atom is -0.342 e. The smallest absolute Gasteiger partial charge is 0.256 e. The molecule has 2 amide bonds. The van der Waals surface area contributed by atoms with Gasteiger partial charge in [-0.05, 0) is 99.9 Å². The molecule has 3 aromatic rings. The molecule has 3 aliphatic heterocycles. The number of hydrogen-bond donors (Lipinski definition) is 0. The van der Waals surface area contributed by atoms with Crippen LogP contribution in [0.2, 0.25) is 5.02 Å². The van der Waals surface area contributed by atoms with Crippen LogP contribution >= 0.6 is 11.6 Å². The van der Waals surface area contributed by atoms with Gasteiger partial charge in [-0.15, -0.1) is 0 Å². The maximum Gasteiger partial charge on any atom is 0.256 e. The van der Waals surface area contributed by atoms with Crippen LogP contribution in [0, 0.1) is 29.5 Å². The van der Waals surface area contributed by atoms with Crippen molar-refractivity contribution in [3.63, 3.8) is 0 Å². The molecule has 4 aliphatic rings. The van der Waals surface area contributed by atoms with Gasteiger partial charge in [0, 0.05) is 82.6 Å². The lowest BCUT2D eigenvalue weighted by Crippen LogP contribution is -2.52. The molecule has 1 saturated carbocycles. The first kappa shape index (κ1) is 33.5. The summed E-state index contributed by atoms with van der Waals surface area (Å²) in [5, 5.41) is 1.55. The molecule has 0 spiro atoms. The second-order valence-corrected chi connectivity index (χ2v) is 15.7. The van der Waals surface area contributed by atoms with Gasteiger partial charge in [0.05, 0.1) is 28.0 Å². The molecular formula is C38H50ClFN6O2. The van der Waals surface area contributed by atoms with Crippen molar-refractivity contribution in [2.45, 2.75) is 77.9 Å². The Balaban J connectivity index is 1.04. The predicted octanol–water partition coefficient (Wildman–Crippen LogP) is 6.13. The van der Waals surface area contributed by atoms with Crippen LogP contribution in [-0.4, -0.2) is 105 Å². The molecule has 8 nitrogen and oxygen atoms in total. The summed E-state index contributed by atoms with van der Waals surface area (Å²) < 4.78 is 16.5. The number of aromatic nitrogens is 2. The van der Waals surface area contributed by atoms with Crippen molar-refractivity contribution >= 4 is 34.3 Å². The Labute approximate surface area is 289 Å². The summed E-state index contributed by atoms with van der Waals surface area (Å²) in [6.45, 7) is 14.3. The quantitative estimate of drug-likeness (QED) is 0.273. The molecule has 1 aromatic carbocycles. The molecule has 5 heterocycles. The number of amides is 2. The zero-order valence-electron chi connectivity index (χ0n) is 29.0. The molecule has 48 heavy (non-hydrogen) atoms. The number of benzene rings is 1. The summed E-state index contributed by atoms with van der Waals surface area (Å²) in [6.07, 6.45) is 11.4. The largest absolute Gasteiger partial charge is 0.342 e. The fourth-order valence-corrected chi connectivity index (χ4v) is 9.52. The topological polar surface area (TPSA) is 64.9 Å². The number of nitrogens with zero attached hydrogens (tertiary/aromatic N) is 6. The van der Waals surface area contributed by atoms with Crippen molar-refractivity contribution < 1.29 is 14.0 Å². The van der Waals surface area contributed by atoms with Crippen LogP contribution in [0.1, 0.15) is 69.3 Å². The van der Waals surface area contributed by atoms with Crippen molar-refractivity contribution in [2.24, 2.45) is 23.7 Å². The third-order valence-corrected chi connectivity index (χ3v) is 12.5. The van der Waals surface area contributed by atoms with Crippen LogP contribution in [0.5, 0.6) is 0 Å². The lowest BCUT2D eigenvalue weighted by molar-refractivity contribution is -0.128. The van der Waals surface area contributed by atoms with Crippen LogP contribution in [0.4, 0.5) is 4.39 Å². The predicted molar refractivity (Wildman–Crippen MR) is 188 cm³/mol. The van der Waals surface area contributed by atoms with Crippen LogP contribution in [0.15, 0.2) is 36.8 Å². The lowest BCUT2D eigenvalue weighted by atomic mass is 9.73. The third-order valence-electron chi connectivity index (χ3n) is 12.2. The molecule has 0 bridgehead atoms. The molecule has 4 atom stereocenters. The van der Waals surface area contributed by atoms with Gasteiger partial charge in [-0.25, -0.2) is 4.39 Å². The van der Waals surface area contributed by atoms with E-state index in [0.29, 0.717) is 46.1 Å². The second kappa shape index (κ2) is 13.4. The molecule has 10 heteroatoms. The highest BCUT2D eigenvalue weighted by Crippen LogP contribution is 2.43. The van der Waals surface area contributed by atoms with Gasteiger partial charge in [0.1, 0.15) is 5.82 Å². The maximum absolute atomic E-state index is 14.5. The highest BCUT2D eigenvalue weighted by atomic mass is 35.5. The third kappa shape index (κ3) is 6.15. The Morgan fingerprint density at radius 3 is 2.48 bits per heavy atom. The van der Waals surface area contributed by atoms with Gasteiger partial charge in [-0.3, -0.25) is 24.4 Å². The number of pyridine rings is 1. The first-order valence-corrected chi connectivity index (χ1v) is 18.3. The Hall–Kier alpha value is -3.01. The molecule has 0 N–H and O–H groups in total. The van der Waals surface area contributed by atoms with Crippen molar-refractivity contribution in [3.05, 3.63) is 58.8 Å². The Kier molecular flexibility index (Phi) is 9.32. The summed E-state index contributed by atoms with van der Waals surface area (Å²) in [7, 11) is 1.75. The summed E-state index contributed by atoms with van der Waals surface area (Å²) in [5.74, 6) is 2.12. The number of likely N-dealkylation sites (tertiary alicyclic amines) is 3. The summed E-state index contributed by atoms with van der Waals surface area (Å²) in [4.78, 5) is 38.9. The molecule has 3 saturated heterocycles. The van der Waals surface area contributed by atoms with Crippen LogP contribution in [0.3, 0.4) is 0 Å². The molecule has 7 rings (SSSR count). The van der Waals surface area contributed by atoms with E-state index in [0.717, 1.165) is 74.5 Å². The first-order valence-electron chi connectivity index (χ1n) is 18.0. The second-order valence-electron chi connectivity index (χ2n) is 15.3. The van der Waals surface area contributed by atoms with Gasteiger partial charge in [0.15, 0.2) is 0 Å². The van der Waals surface area contributed by atoms with E-state index in [1.807, 2.05) is 23.3 Å². The van der Waals surface area contributed by atoms with E-state index in [9.17, 15) is 14.0 Å². The molecule has 2 unspecified atom stereocenters. The minimum absolute atomic E-state index is 0.0233. The SMILES string of the molecule is CCC(C1CC(N2CC3CN(C(C)=O)C[C@@H]3C2)C1)N1CC[C@@H](Cc2cn(-c3ccc(F)cc3C(=O)N(C)C(C)C)c3cncc(Cl)c23)C1. The van der Waals surface area contributed by atoms with Crippen molar-refractivity contribution in [1.29, 1.82) is 0 Å². The van der Waals surface area contributed by atoms with Gasteiger partial charge in [-0.2, -0.15) is 0 Å². The number of rotatable bonds is 9. The fraction of sp³-hybridized carbons (Fsp3) is 0.605. The molecule has 2 aromatic heterocycles. The van der Waals surface area contributed by atoms with Crippen LogP contribution in [0.25, 0.3) is 16.6 Å². The number of carbonyl (C=O) groups is 2. The summed E-state index contributed by atoms with van der Waals surface area (Å²) in [5.41, 5.74) is 2.92. The number of carbonyl (C=O) groups excluding carboxylic acids is 2. The summed E-state index contributed by atoms with van der Waals surface area (Å²) in [6, 6.07) is 5.72. The number of halogens is 2. The van der Waals surface area contributed by atoms with E-state index in [-0.39, 0.29) is 17.9 Å². The normalized spacial score (nSPS) is 26.8. The maximum atomic E-state index is 14.5. The number of hydrogen-bond acceptors (Lipinski definition) is 5. The molecule has 4 fully saturated rings.